The first-order chi connectivity index (χ1) is 7.90. The Hall–Kier alpha value is -1.93. The van der Waals surface area contributed by atoms with Crippen LogP contribution in [0.3, 0.4) is 0 Å². The zero-order chi connectivity index (χ0) is 11.2. The molecule has 5 heteroatoms. The highest BCUT2D eigenvalue weighted by Crippen LogP contribution is 2.10. The summed E-state index contributed by atoms with van der Waals surface area (Å²) in [6.45, 7) is 0.735. The third kappa shape index (κ3) is 2.55. The van der Waals surface area contributed by atoms with Gasteiger partial charge in [0, 0.05) is 30.7 Å². The van der Waals surface area contributed by atoms with Crippen LogP contribution < -0.4 is 5.32 Å². The maximum atomic E-state index is 8.86. The van der Waals surface area contributed by atoms with Gasteiger partial charge in [-0.05, 0) is 12.1 Å². The van der Waals surface area contributed by atoms with Crippen LogP contribution in [0.5, 0.6) is 0 Å². The Kier molecular flexibility index (Phi) is 3.46. The molecule has 0 fully saturated rings. The number of rotatable bonds is 4. The van der Waals surface area contributed by atoms with Gasteiger partial charge in [-0.2, -0.15) is 5.26 Å². The predicted octanol–water partition coefficient (Wildman–Crippen LogP) is 2.06. The van der Waals surface area contributed by atoms with E-state index in [2.05, 4.69) is 21.4 Å². The number of thiazole rings is 1. The molecule has 2 heterocycles. The van der Waals surface area contributed by atoms with E-state index in [0.29, 0.717) is 11.4 Å². The van der Waals surface area contributed by atoms with E-state index in [9.17, 15) is 0 Å². The number of aromatic nitrogens is 2. The molecular formula is C11H10N4S. The molecule has 0 aliphatic heterocycles. The fraction of sp³-hybridized carbons (Fsp3) is 0.182. The zero-order valence-corrected chi connectivity index (χ0v) is 9.37. The van der Waals surface area contributed by atoms with Gasteiger partial charge in [0.15, 0.2) is 0 Å². The topological polar surface area (TPSA) is 61.6 Å². The highest BCUT2D eigenvalue weighted by molar-refractivity contribution is 7.09. The van der Waals surface area contributed by atoms with Crippen LogP contribution in [0.2, 0.25) is 0 Å². The first-order valence-corrected chi connectivity index (χ1v) is 5.75. The van der Waals surface area contributed by atoms with Crippen molar-refractivity contribution >= 4 is 17.2 Å². The monoisotopic (exact) mass is 230 g/mol. The van der Waals surface area contributed by atoms with Crippen LogP contribution in [0.1, 0.15) is 10.6 Å². The van der Waals surface area contributed by atoms with E-state index in [1.807, 2.05) is 5.38 Å². The molecule has 0 aliphatic carbocycles. The molecule has 0 bridgehead atoms. The standard InChI is InChI=1S/C11H10N4S/c12-8-9-2-1-4-14-11(9)15-5-3-10-13-6-7-16-10/h1-2,4,6-7H,3,5H2,(H,14,15). The molecule has 4 nitrogen and oxygen atoms in total. The van der Waals surface area contributed by atoms with Gasteiger partial charge < -0.3 is 5.32 Å². The summed E-state index contributed by atoms with van der Waals surface area (Å²) in [6, 6.07) is 5.60. The van der Waals surface area contributed by atoms with Gasteiger partial charge in [-0.15, -0.1) is 11.3 Å². The number of nitrogens with one attached hydrogen (secondary N) is 1. The average Bonchev–Trinajstić information content (AvgIpc) is 2.83. The van der Waals surface area contributed by atoms with Crippen molar-refractivity contribution in [3.63, 3.8) is 0 Å². The Labute approximate surface area is 97.6 Å². The minimum Gasteiger partial charge on any atom is -0.369 e. The summed E-state index contributed by atoms with van der Waals surface area (Å²) in [5, 5.41) is 15.0. The molecule has 0 radical (unpaired) electrons. The van der Waals surface area contributed by atoms with Gasteiger partial charge in [-0.25, -0.2) is 9.97 Å². The summed E-state index contributed by atoms with van der Waals surface area (Å²) in [4.78, 5) is 8.30. The Morgan fingerprint density at radius 3 is 3.06 bits per heavy atom. The number of nitrogens with zero attached hydrogens (tertiary/aromatic N) is 3. The molecule has 80 valence electrons. The molecule has 0 spiro atoms. The predicted molar refractivity (Wildman–Crippen MR) is 63.3 cm³/mol. The largest absolute Gasteiger partial charge is 0.369 e. The fourth-order valence-electron chi connectivity index (χ4n) is 1.30. The van der Waals surface area contributed by atoms with Crippen molar-refractivity contribution in [3.8, 4) is 6.07 Å². The second-order valence-electron chi connectivity index (χ2n) is 3.11. The summed E-state index contributed by atoms with van der Waals surface area (Å²) in [5.41, 5.74) is 0.571. The lowest BCUT2D eigenvalue weighted by atomic mass is 10.3. The van der Waals surface area contributed by atoms with E-state index in [-0.39, 0.29) is 0 Å². The minimum absolute atomic E-state index is 0.571. The van der Waals surface area contributed by atoms with Crippen molar-refractivity contribution in [2.24, 2.45) is 0 Å². The Morgan fingerprint density at radius 1 is 1.38 bits per heavy atom. The number of anilines is 1. The normalized spacial score (nSPS) is 9.69. The second-order valence-corrected chi connectivity index (χ2v) is 4.09. The van der Waals surface area contributed by atoms with Crippen molar-refractivity contribution < 1.29 is 0 Å². The Balaban J connectivity index is 1.93. The smallest absolute Gasteiger partial charge is 0.143 e. The van der Waals surface area contributed by atoms with Crippen molar-refractivity contribution in [3.05, 3.63) is 40.5 Å². The summed E-state index contributed by atoms with van der Waals surface area (Å²) >= 11 is 1.63. The lowest BCUT2D eigenvalue weighted by molar-refractivity contribution is 0.986. The molecule has 0 atom stereocenters. The third-order valence-corrected chi connectivity index (χ3v) is 2.88. The van der Waals surface area contributed by atoms with Gasteiger partial charge in [-0.3, -0.25) is 0 Å². The maximum absolute atomic E-state index is 8.86. The van der Waals surface area contributed by atoms with Crippen molar-refractivity contribution in [2.75, 3.05) is 11.9 Å². The van der Waals surface area contributed by atoms with Crippen LogP contribution in [0.15, 0.2) is 29.9 Å². The molecule has 0 unspecified atom stereocenters. The van der Waals surface area contributed by atoms with Crippen molar-refractivity contribution in [1.29, 1.82) is 5.26 Å². The summed E-state index contributed by atoms with van der Waals surface area (Å²) in [5.74, 6) is 0.640. The van der Waals surface area contributed by atoms with Crippen LogP contribution in [0.4, 0.5) is 5.82 Å². The summed E-state index contributed by atoms with van der Waals surface area (Å²) in [7, 11) is 0. The second kappa shape index (κ2) is 5.24. The quantitative estimate of drug-likeness (QED) is 0.873. The molecule has 0 aliphatic rings. The lowest BCUT2D eigenvalue weighted by Gasteiger charge is -2.04. The van der Waals surface area contributed by atoms with Gasteiger partial charge in [0.2, 0.25) is 0 Å². The third-order valence-electron chi connectivity index (χ3n) is 2.04. The van der Waals surface area contributed by atoms with E-state index in [0.717, 1.165) is 18.0 Å². The molecule has 2 aromatic rings. The summed E-state index contributed by atoms with van der Waals surface area (Å²) in [6.07, 6.45) is 4.31. The van der Waals surface area contributed by atoms with Gasteiger partial charge in [0.25, 0.3) is 0 Å². The molecule has 0 saturated heterocycles. The fourth-order valence-corrected chi connectivity index (χ4v) is 1.92. The van der Waals surface area contributed by atoms with Crippen LogP contribution in [-0.4, -0.2) is 16.5 Å². The Morgan fingerprint density at radius 2 is 2.31 bits per heavy atom. The van der Waals surface area contributed by atoms with E-state index in [4.69, 9.17) is 5.26 Å². The van der Waals surface area contributed by atoms with Crippen LogP contribution in [0, 0.1) is 11.3 Å². The van der Waals surface area contributed by atoms with Crippen LogP contribution in [0.25, 0.3) is 0 Å². The lowest BCUT2D eigenvalue weighted by Crippen LogP contribution is -2.07. The van der Waals surface area contributed by atoms with E-state index < -0.39 is 0 Å². The molecule has 2 aromatic heterocycles. The first-order valence-electron chi connectivity index (χ1n) is 4.87. The number of nitriles is 1. The summed E-state index contributed by atoms with van der Waals surface area (Å²) < 4.78 is 0. The SMILES string of the molecule is N#Cc1cccnc1NCCc1nccs1. The maximum Gasteiger partial charge on any atom is 0.143 e. The average molecular weight is 230 g/mol. The zero-order valence-electron chi connectivity index (χ0n) is 8.55. The van der Waals surface area contributed by atoms with Crippen LogP contribution >= 0.6 is 11.3 Å². The number of pyridine rings is 1. The van der Waals surface area contributed by atoms with Crippen molar-refractivity contribution in [1.82, 2.24) is 9.97 Å². The molecule has 0 saturated carbocycles. The number of hydrogen-bond donors (Lipinski definition) is 1. The highest BCUT2D eigenvalue weighted by atomic mass is 32.1. The first kappa shape index (κ1) is 10.6. The van der Waals surface area contributed by atoms with Gasteiger partial charge in [-0.1, -0.05) is 0 Å². The molecule has 0 aromatic carbocycles. The Bertz CT molecular complexity index is 487. The number of hydrogen-bond acceptors (Lipinski definition) is 5. The van der Waals surface area contributed by atoms with Crippen LogP contribution in [-0.2, 0) is 6.42 Å². The van der Waals surface area contributed by atoms with E-state index in [1.54, 1.807) is 35.9 Å². The molecule has 1 N–H and O–H groups in total. The molecule has 0 amide bonds. The van der Waals surface area contributed by atoms with Gasteiger partial charge in [0.1, 0.15) is 11.9 Å². The van der Waals surface area contributed by atoms with Crippen molar-refractivity contribution in [2.45, 2.75) is 6.42 Å². The molecular weight excluding hydrogens is 220 g/mol. The highest BCUT2D eigenvalue weighted by Gasteiger charge is 2.01. The molecule has 2 rings (SSSR count). The van der Waals surface area contributed by atoms with E-state index >= 15 is 0 Å². The van der Waals surface area contributed by atoms with Gasteiger partial charge in [0.05, 0.1) is 10.6 Å². The minimum atomic E-state index is 0.571. The van der Waals surface area contributed by atoms with E-state index in [1.165, 1.54) is 0 Å². The molecule has 16 heavy (non-hydrogen) atoms. The van der Waals surface area contributed by atoms with Gasteiger partial charge >= 0.3 is 0 Å².